The Bertz CT molecular complexity index is 914. The van der Waals surface area contributed by atoms with E-state index in [1.165, 1.54) is 0 Å². The summed E-state index contributed by atoms with van der Waals surface area (Å²) < 4.78 is 10.4. The van der Waals surface area contributed by atoms with Crippen molar-refractivity contribution in [3.05, 3.63) is 78.9 Å². The standard InChI is InChI=1S/C23H22O4S/c1-23(2,3)27-22(25)26-18-11-15-21(16-12-18)28(19-7-5-4-6-8-19)20-13-9-17(24)10-14-20/h4-16H,1-3H3/p+1. The maximum Gasteiger partial charge on any atom is 0.514 e. The van der Waals surface area contributed by atoms with Gasteiger partial charge >= 0.3 is 6.16 Å². The average Bonchev–Trinajstić information content (AvgIpc) is 2.64. The van der Waals surface area contributed by atoms with Gasteiger partial charge in [0, 0.05) is 0 Å². The summed E-state index contributed by atoms with van der Waals surface area (Å²) in [6.45, 7) is 5.38. The molecule has 1 N–H and O–H groups in total. The monoisotopic (exact) mass is 395 g/mol. The smallest absolute Gasteiger partial charge is 0.508 e. The summed E-state index contributed by atoms with van der Waals surface area (Å²) in [5.41, 5.74) is -0.602. The lowest BCUT2D eigenvalue weighted by Crippen LogP contribution is -2.25. The number of phenols is 1. The van der Waals surface area contributed by atoms with Crippen LogP contribution >= 0.6 is 0 Å². The maximum absolute atomic E-state index is 11.9. The zero-order chi connectivity index (χ0) is 20.1. The van der Waals surface area contributed by atoms with Gasteiger partial charge in [-0.05, 0) is 81.4 Å². The highest BCUT2D eigenvalue weighted by atomic mass is 32.2. The van der Waals surface area contributed by atoms with Crippen LogP contribution in [0.1, 0.15) is 20.8 Å². The largest absolute Gasteiger partial charge is 0.514 e. The minimum atomic E-state index is -0.721. The molecule has 28 heavy (non-hydrogen) atoms. The van der Waals surface area contributed by atoms with Crippen LogP contribution in [0.25, 0.3) is 0 Å². The number of aromatic hydroxyl groups is 1. The number of carbonyl (C=O) groups is 1. The molecule has 0 amide bonds. The van der Waals surface area contributed by atoms with Gasteiger partial charge in [0.15, 0.2) is 14.7 Å². The second kappa shape index (κ2) is 8.40. The predicted molar refractivity (Wildman–Crippen MR) is 110 cm³/mol. The van der Waals surface area contributed by atoms with E-state index in [9.17, 15) is 9.90 Å². The van der Waals surface area contributed by atoms with E-state index >= 15 is 0 Å². The highest BCUT2D eigenvalue weighted by molar-refractivity contribution is 7.97. The Labute approximate surface area is 168 Å². The van der Waals surface area contributed by atoms with E-state index in [-0.39, 0.29) is 16.6 Å². The fraction of sp³-hybridized carbons (Fsp3) is 0.174. The number of carbonyl (C=O) groups excluding carboxylic acids is 1. The molecule has 1 unspecified atom stereocenters. The Balaban J connectivity index is 1.87. The van der Waals surface area contributed by atoms with Crippen molar-refractivity contribution >= 4 is 17.1 Å². The van der Waals surface area contributed by atoms with Crippen molar-refractivity contribution in [3.63, 3.8) is 0 Å². The zero-order valence-corrected chi connectivity index (χ0v) is 16.9. The molecular weight excluding hydrogens is 372 g/mol. The topological polar surface area (TPSA) is 55.8 Å². The Hall–Kier alpha value is -2.92. The average molecular weight is 396 g/mol. The van der Waals surface area contributed by atoms with Crippen LogP contribution in [0.4, 0.5) is 4.79 Å². The number of benzene rings is 3. The molecular formula is C23H23O4S+. The van der Waals surface area contributed by atoms with E-state index in [2.05, 4.69) is 12.1 Å². The van der Waals surface area contributed by atoms with Crippen LogP contribution in [0, 0.1) is 0 Å². The molecule has 0 aliphatic carbocycles. The van der Waals surface area contributed by atoms with Gasteiger partial charge in [-0.15, -0.1) is 0 Å². The second-order valence-electron chi connectivity index (χ2n) is 7.15. The zero-order valence-electron chi connectivity index (χ0n) is 16.1. The Morgan fingerprint density at radius 1 is 0.786 bits per heavy atom. The van der Waals surface area contributed by atoms with Crippen molar-refractivity contribution in [1.82, 2.24) is 0 Å². The van der Waals surface area contributed by atoms with Gasteiger partial charge in [0.25, 0.3) is 0 Å². The number of hydrogen-bond donors (Lipinski definition) is 1. The fourth-order valence-electron chi connectivity index (χ4n) is 2.56. The van der Waals surface area contributed by atoms with Gasteiger partial charge in [0.05, 0.1) is 10.9 Å². The minimum absolute atomic E-state index is 0.237. The lowest BCUT2D eigenvalue weighted by molar-refractivity contribution is 0.0206. The Morgan fingerprint density at radius 3 is 1.82 bits per heavy atom. The van der Waals surface area contributed by atoms with Gasteiger partial charge in [-0.1, -0.05) is 18.2 Å². The van der Waals surface area contributed by atoms with Crippen molar-refractivity contribution in [1.29, 1.82) is 0 Å². The van der Waals surface area contributed by atoms with E-state index in [0.29, 0.717) is 5.75 Å². The van der Waals surface area contributed by atoms with E-state index in [1.54, 1.807) is 45.0 Å². The van der Waals surface area contributed by atoms with Crippen LogP contribution in [0.3, 0.4) is 0 Å². The predicted octanol–water partition coefficient (Wildman–Crippen LogP) is 5.80. The van der Waals surface area contributed by atoms with Gasteiger partial charge in [-0.2, -0.15) is 0 Å². The van der Waals surface area contributed by atoms with Gasteiger partial charge < -0.3 is 14.6 Å². The number of hydrogen-bond acceptors (Lipinski definition) is 4. The van der Waals surface area contributed by atoms with Crippen LogP contribution in [0.15, 0.2) is 93.5 Å². The second-order valence-corrected chi connectivity index (χ2v) is 9.18. The number of rotatable bonds is 4. The molecule has 0 spiro atoms. The lowest BCUT2D eigenvalue weighted by Gasteiger charge is -2.18. The first-order valence-electron chi connectivity index (χ1n) is 8.91. The molecule has 0 saturated heterocycles. The van der Waals surface area contributed by atoms with E-state index < -0.39 is 11.8 Å². The normalized spacial score (nSPS) is 12.2. The molecule has 3 rings (SSSR count). The third-order valence-electron chi connectivity index (χ3n) is 3.70. The van der Waals surface area contributed by atoms with Crippen molar-refractivity contribution in [2.45, 2.75) is 41.1 Å². The summed E-state index contributed by atoms with van der Waals surface area (Å²) in [6.07, 6.45) is -0.721. The van der Waals surface area contributed by atoms with Crippen LogP contribution in [0.5, 0.6) is 11.5 Å². The molecule has 0 aromatic heterocycles. The summed E-state index contributed by atoms with van der Waals surface area (Å²) in [6, 6.07) is 24.8. The molecule has 5 heteroatoms. The third kappa shape index (κ3) is 5.30. The van der Waals surface area contributed by atoms with E-state index in [0.717, 1.165) is 14.7 Å². The van der Waals surface area contributed by atoms with Gasteiger partial charge in [0.1, 0.15) is 17.1 Å². The molecule has 4 nitrogen and oxygen atoms in total. The summed E-state index contributed by atoms with van der Waals surface area (Å²) in [7, 11) is -0.343. The molecule has 0 aliphatic heterocycles. The summed E-state index contributed by atoms with van der Waals surface area (Å²) in [5.74, 6) is 0.668. The third-order valence-corrected chi connectivity index (χ3v) is 5.93. The van der Waals surface area contributed by atoms with Gasteiger partial charge in [0.2, 0.25) is 0 Å². The molecule has 3 aromatic rings. The lowest BCUT2D eigenvalue weighted by atomic mass is 10.2. The summed E-state index contributed by atoms with van der Waals surface area (Å²) in [4.78, 5) is 15.2. The molecule has 0 radical (unpaired) electrons. The van der Waals surface area contributed by atoms with Crippen molar-refractivity contribution in [2.24, 2.45) is 0 Å². The SMILES string of the molecule is CC(C)(C)OC(=O)Oc1ccc([S+](c2ccccc2)c2ccc(O)cc2)cc1. The molecule has 3 aromatic carbocycles. The molecule has 144 valence electrons. The molecule has 0 fully saturated rings. The van der Waals surface area contributed by atoms with Crippen molar-refractivity contribution in [2.75, 3.05) is 0 Å². The van der Waals surface area contributed by atoms with Crippen molar-refractivity contribution in [3.8, 4) is 11.5 Å². The molecule has 0 saturated carbocycles. The van der Waals surface area contributed by atoms with Crippen LogP contribution in [-0.2, 0) is 15.6 Å². The van der Waals surface area contributed by atoms with Gasteiger partial charge in [-0.3, -0.25) is 0 Å². The fourth-order valence-corrected chi connectivity index (χ4v) is 4.62. The first kappa shape index (κ1) is 19.8. The van der Waals surface area contributed by atoms with Crippen molar-refractivity contribution < 1.29 is 19.4 Å². The highest BCUT2D eigenvalue weighted by Gasteiger charge is 2.28. The minimum Gasteiger partial charge on any atom is -0.508 e. The highest BCUT2D eigenvalue weighted by Crippen LogP contribution is 2.32. The quantitative estimate of drug-likeness (QED) is 0.344. The van der Waals surface area contributed by atoms with Crippen LogP contribution in [0.2, 0.25) is 0 Å². The first-order chi connectivity index (χ1) is 13.3. The molecule has 0 heterocycles. The molecule has 1 atom stereocenters. The Morgan fingerprint density at radius 2 is 1.29 bits per heavy atom. The van der Waals surface area contributed by atoms with Gasteiger partial charge in [-0.25, -0.2) is 4.79 Å². The Kier molecular flexibility index (Phi) is 5.95. The molecule has 0 bridgehead atoms. The summed E-state index contributed by atoms with van der Waals surface area (Å²) in [5, 5.41) is 9.62. The maximum atomic E-state index is 11.9. The molecule has 0 aliphatic rings. The first-order valence-corrected chi connectivity index (χ1v) is 10.1. The van der Waals surface area contributed by atoms with Crippen LogP contribution < -0.4 is 4.74 Å². The van der Waals surface area contributed by atoms with E-state index in [4.69, 9.17) is 9.47 Å². The number of phenolic OH excluding ortho intramolecular Hbond substituents is 1. The number of ether oxygens (including phenoxy) is 2. The van der Waals surface area contributed by atoms with Crippen LogP contribution in [-0.4, -0.2) is 16.9 Å². The summed E-state index contributed by atoms with van der Waals surface area (Å²) >= 11 is 0. The van der Waals surface area contributed by atoms with E-state index in [1.807, 2.05) is 42.5 Å².